The van der Waals surface area contributed by atoms with Gasteiger partial charge in [0.2, 0.25) is 0 Å². The Morgan fingerprint density at radius 1 is 0.806 bits per heavy atom. The molecule has 0 bridgehead atoms. The van der Waals surface area contributed by atoms with Crippen molar-refractivity contribution in [3.05, 3.63) is 47.0 Å². The molecule has 0 N–H and O–H groups in total. The van der Waals surface area contributed by atoms with E-state index >= 15 is 0 Å². The van der Waals surface area contributed by atoms with Crippen LogP contribution in [0.3, 0.4) is 0 Å². The third-order valence-corrected chi connectivity index (χ3v) is 7.44. The molecular formula is C26H38O4Si. The Kier molecular flexibility index (Phi) is 7.01. The number of carbonyl (C=O) groups excluding carboxylic acids is 1. The van der Waals surface area contributed by atoms with E-state index < -0.39 is 14.0 Å². The Labute approximate surface area is 188 Å². The molecule has 0 aliphatic carbocycles. The third kappa shape index (κ3) is 5.70. The molecular weight excluding hydrogens is 404 g/mol. The van der Waals surface area contributed by atoms with Crippen molar-refractivity contribution in [1.82, 2.24) is 0 Å². The van der Waals surface area contributed by atoms with Crippen LogP contribution >= 0.6 is 0 Å². The smallest absolute Gasteiger partial charge is 0.347 e. The van der Waals surface area contributed by atoms with Crippen molar-refractivity contribution >= 4 is 19.2 Å². The molecule has 0 saturated carbocycles. The average Bonchev–Trinajstić information content (AvgIpc) is 2.64. The van der Waals surface area contributed by atoms with Gasteiger partial charge in [-0.3, -0.25) is 0 Å². The van der Waals surface area contributed by atoms with Crippen LogP contribution in [-0.2, 0) is 10.8 Å². The van der Waals surface area contributed by atoms with Gasteiger partial charge in [0.05, 0.1) is 22.3 Å². The molecule has 0 saturated heterocycles. The lowest BCUT2D eigenvalue weighted by atomic mass is 9.79. The summed E-state index contributed by atoms with van der Waals surface area (Å²) in [6.45, 7) is 19.4. The average molecular weight is 443 g/mol. The maximum atomic E-state index is 13.3. The lowest BCUT2D eigenvalue weighted by Crippen LogP contribution is -2.37. The minimum absolute atomic E-state index is 0.240. The van der Waals surface area contributed by atoms with E-state index in [9.17, 15) is 4.79 Å². The van der Waals surface area contributed by atoms with E-state index in [4.69, 9.17) is 14.2 Å². The summed E-state index contributed by atoms with van der Waals surface area (Å²) >= 11 is 0. The minimum atomic E-state index is -1.54. The van der Waals surface area contributed by atoms with Gasteiger partial charge < -0.3 is 14.2 Å². The topological polar surface area (TPSA) is 44.8 Å². The Hall–Kier alpha value is -2.27. The number of methoxy groups -OCH3 is 2. The number of carbonyl (C=O) groups is 1. The maximum absolute atomic E-state index is 13.3. The summed E-state index contributed by atoms with van der Waals surface area (Å²) in [6, 6.07) is 9.75. The number of esters is 1. The number of hydrogen-bond acceptors (Lipinski definition) is 4. The molecule has 2 rings (SSSR count). The van der Waals surface area contributed by atoms with Crippen LogP contribution in [-0.4, -0.2) is 28.3 Å². The van der Waals surface area contributed by atoms with Crippen LogP contribution in [0.1, 0.15) is 63.0 Å². The molecule has 0 fully saturated rings. The van der Waals surface area contributed by atoms with Crippen molar-refractivity contribution in [1.29, 1.82) is 0 Å². The minimum Gasteiger partial charge on any atom is -0.497 e. The van der Waals surface area contributed by atoms with Gasteiger partial charge in [-0.2, -0.15) is 0 Å². The van der Waals surface area contributed by atoms with E-state index in [0.717, 1.165) is 16.9 Å². The van der Waals surface area contributed by atoms with E-state index in [1.54, 1.807) is 14.2 Å². The first-order chi connectivity index (χ1) is 14.1. The maximum Gasteiger partial charge on any atom is 0.347 e. The number of benzene rings is 2. The van der Waals surface area contributed by atoms with E-state index in [1.807, 2.05) is 30.3 Å². The van der Waals surface area contributed by atoms with E-state index in [-0.39, 0.29) is 10.8 Å². The second-order valence-corrected chi connectivity index (χ2v) is 16.2. The fourth-order valence-corrected chi connectivity index (χ4v) is 4.57. The summed E-state index contributed by atoms with van der Waals surface area (Å²) in [5.74, 6) is 1.49. The second kappa shape index (κ2) is 8.70. The Morgan fingerprint density at radius 3 is 1.71 bits per heavy atom. The summed E-state index contributed by atoms with van der Waals surface area (Å²) < 4.78 is 17.2. The van der Waals surface area contributed by atoms with Crippen molar-refractivity contribution in [3.8, 4) is 17.2 Å². The number of ether oxygens (including phenoxy) is 3. The van der Waals surface area contributed by atoms with E-state index in [0.29, 0.717) is 17.1 Å². The van der Waals surface area contributed by atoms with Crippen LogP contribution < -0.4 is 19.4 Å². The highest BCUT2D eigenvalue weighted by molar-refractivity contribution is 6.88. The highest BCUT2D eigenvalue weighted by atomic mass is 28.3. The number of rotatable bonds is 5. The first kappa shape index (κ1) is 25.0. The van der Waals surface area contributed by atoms with Gasteiger partial charge >= 0.3 is 5.97 Å². The number of hydrogen-bond donors (Lipinski definition) is 0. The molecule has 0 atom stereocenters. The molecule has 0 aromatic heterocycles. The molecule has 0 unspecified atom stereocenters. The molecule has 5 heteroatoms. The first-order valence-corrected chi connectivity index (χ1v) is 14.2. The molecule has 31 heavy (non-hydrogen) atoms. The standard InChI is InChI=1S/C26H38O4Si/c1-25(2,3)20-14-17(28-7)15-21(26(4,5)6)23(20)30-24(27)19-13-12-18(31(9,10)11)16-22(19)29-8/h12-16H,1-11H3. The Morgan fingerprint density at radius 2 is 1.32 bits per heavy atom. The van der Waals surface area contributed by atoms with Crippen LogP contribution in [0.25, 0.3) is 0 Å². The lowest BCUT2D eigenvalue weighted by Gasteiger charge is -2.30. The summed E-state index contributed by atoms with van der Waals surface area (Å²) in [5, 5.41) is 1.23. The molecule has 0 spiro atoms. The van der Waals surface area contributed by atoms with Gasteiger partial charge in [-0.05, 0) is 35.1 Å². The van der Waals surface area contributed by atoms with Crippen LogP contribution in [0.15, 0.2) is 30.3 Å². The Balaban J connectivity index is 2.64. The van der Waals surface area contributed by atoms with Gasteiger partial charge in [0, 0.05) is 11.1 Å². The third-order valence-electron chi connectivity index (χ3n) is 5.40. The molecule has 170 valence electrons. The normalized spacial score (nSPS) is 12.5. The summed E-state index contributed by atoms with van der Waals surface area (Å²) in [7, 11) is 1.71. The predicted molar refractivity (Wildman–Crippen MR) is 131 cm³/mol. The SMILES string of the molecule is COc1cc(C(C)(C)C)c(OC(=O)c2ccc([Si](C)(C)C)cc2OC)c(C(C)(C)C)c1. The van der Waals surface area contributed by atoms with Crippen molar-refractivity contribution < 1.29 is 19.0 Å². The first-order valence-electron chi connectivity index (χ1n) is 10.7. The zero-order chi connectivity index (χ0) is 23.8. The molecule has 4 nitrogen and oxygen atoms in total. The molecule has 2 aromatic rings. The van der Waals surface area contributed by atoms with E-state index in [2.05, 4.69) is 61.2 Å². The molecule has 0 amide bonds. The van der Waals surface area contributed by atoms with Crippen molar-refractivity contribution in [2.24, 2.45) is 0 Å². The molecule has 0 radical (unpaired) electrons. The van der Waals surface area contributed by atoms with Crippen molar-refractivity contribution in [3.63, 3.8) is 0 Å². The zero-order valence-corrected chi connectivity index (χ0v) is 22.0. The van der Waals surface area contributed by atoms with Gasteiger partial charge in [0.1, 0.15) is 22.8 Å². The molecule has 2 aromatic carbocycles. The van der Waals surface area contributed by atoms with Crippen LogP contribution in [0.5, 0.6) is 17.2 Å². The highest BCUT2D eigenvalue weighted by Crippen LogP contribution is 2.43. The zero-order valence-electron chi connectivity index (χ0n) is 21.0. The van der Waals surface area contributed by atoms with Crippen LogP contribution in [0, 0.1) is 0 Å². The van der Waals surface area contributed by atoms with E-state index in [1.165, 1.54) is 5.19 Å². The summed E-state index contributed by atoms with van der Waals surface area (Å²) in [5.41, 5.74) is 1.82. The molecule has 0 aliphatic rings. The Bertz CT molecular complexity index is 922. The van der Waals surface area contributed by atoms with Crippen molar-refractivity contribution in [2.45, 2.75) is 72.0 Å². The lowest BCUT2D eigenvalue weighted by molar-refractivity contribution is 0.0725. The fourth-order valence-electron chi connectivity index (χ4n) is 3.42. The molecule has 0 aliphatic heterocycles. The fraction of sp³-hybridized carbons (Fsp3) is 0.500. The largest absolute Gasteiger partial charge is 0.497 e. The van der Waals surface area contributed by atoms with Gasteiger partial charge in [-0.25, -0.2) is 4.79 Å². The summed E-state index contributed by atoms with van der Waals surface area (Å²) in [6.07, 6.45) is 0. The predicted octanol–water partition coefficient (Wildman–Crippen LogP) is 6.06. The van der Waals surface area contributed by atoms with Crippen LogP contribution in [0.4, 0.5) is 0 Å². The highest BCUT2D eigenvalue weighted by Gasteiger charge is 2.31. The van der Waals surface area contributed by atoms with Crippen molar-refractivity contribution in [2.75, 3.05) is 14.2 Å². The van der Waals surface area contributed by atoms with Gasteiger partial charge in [0.25, 0.3) is 0 Å². The van der Waals surface area contributed by atoms with Crippen LogP contribution in [0.2, 0.25) is 19.6 Å². The quantitative estimate of drug-likeness (QED) is 0.321. The summed E-state index contributed by atoms with van der Waals surface area (Å²) in [4.78, 5) is 13.3. The second-order valence-electron chi connectivity index (χ2n) is 11.1. The molecule has 0 heterocycles. The van der Waals surface area contributed by atoms with Gasteiger partial charge in [-0.1, -0.05) is 72.4 Å². The van der Waals surface area contributed by atoms with Gasteiger partial charge in [0.15, 0.2) is 0 Å². The monoisotopic (exact) mass is 442 g/mol. The van der Waals surface area contributed by atoms with Gasteiger partial charge in [-0.15, -0.1) is 0 Å².